The van der Waals surface area contributed by atoms with Crippen LogP contribution in [0.5, 0.6) is 5.75 Å². The first-order valence-corrected chi connectivity index (χ1v) is 14.3. The number of anilines is 2. The van der Waals surface area contributed by atoms with Crippen molar-refractivity contribution in [2.24, 2.45) is 11.3 Å². The zero-order valence-corrected chi connectivity index (χ0v) is 25.4. The summed E-state index contributed by atoms with van der Waals surface area (Å²) in [5.41, 5.74) is 14.4. The van der Waals surface area contributed by atoms with Gasteiger partial charge in [-0.25, -0.2) is 5.84 Å². The van der Waals surface area contributed by atoms with E-state index in [0.29, 0.717) is 12.3 Å². The number of nitrogens with zero attached hydrogens (tertiary/aromatic N) is 3. The van der Waals surface area contributed by atoms with Gasteiger partial charge in [0, 0.05) is 49.7 Å². The summed E-state index contributed by atoms with van der Waals surface area (Å²) in [5, 5.41) is 2.62. The third-order valence-corrected chi connectivity index (χ3v) is 8.64. The van der Waals surface area contributed by atoms with E-state index in [-0.39, 0.29) is 11.9 Å². The lowest BCUT2D eigenvalue weighted by Crippen LogP contribution is -2.34. The summed E-state index contributed by atoms with van der Waals surface area (Å²) in [6.45, 7) is 10.8. The number of esters is 1. The van der Waals surface area contributed by atoms with Crippen molar-refractivity contribution >= 4 is 28.2 Å². The van der Waals surface area contributed by atoms with Crippen LogP contribution in [-0.2, 0) is 22.6 Å². The van der Waals surface area contributed by atoms with Crippen LogP contribution in [0.3, 0.4) is 0 Å². The third-order valence-electron chi connectivity index (χ3n) is 8.64. The average molecular weight is 568 g/mol. The van der Waals surface area contributed by atoms with Gasteiger partial charge in [-0.05, 0) is 79.8 Å². The minimum absolute atomic E-state index is 0.284. The van der Waals surface area contributed by atoms with Gasteiger partial charge in [0.05, 0.1) is 29.4 Å². The van der Waals surface area contributed by atoms with E-state index >= 15 is 0 Å². The van der Waals surface area contributed by atoms with Crippen LogP contribution in [0.2, 0.25) is 0 Å². The summed E-state index contributed by atoms with van der Waals surface area (Å²) < 4.78 is 11.5. The van der Waals surface area contributed by atoms with E-state index in [4.69, 9.17) is 21.1 Å². The fraction of sp³-hybridized carbons (Fsp3) is 0.353. The predicted octanol–water partition coefficient (Wildman–Crippen LogP) is 5.47. The minimum atomic E-state index is -0.866. The second kappa shape index (κ2) is 11.6. The topological polar surface area (TPSA) is 107 Å². The number of fused-ring (bicyclic) bond motifs is 3. The van der Waals surface area contributed by atoms with E-state index in [1.54, 1.807) is 7.05 Å². The standard InChI is InChI=1S/C34H41N5O3/c1-21-9-10-24(30(34(3,4)33(40)41-6)26-12-13-28(38(5)36)31(35)22(26)2)18-25(21)19-39-16-17-42-29-14-11-23-8-7-15-37-32(23)27(29)20-39/h7-15,18,30H,16-17,19-20,35-36H2,1-6H3. The Kier molecular flexibility index (Phi) is 8.12. The molecular weight excluding hydrogens is 526 g/mol. The van der Waals surface area contributed by atoms with E-state index in [1.165, 1.54) is 23.2 Å². The van der Waals surface area contributed by atoms with Gasteiger partial charge in [0.2, 0.25) is 0 Å². The van der Waals surface area contributed by atoms with Crippen molar-refractivity contribution in [3.63, 3.8) is 0 Å². The van der Waals surface area contributed by atoms with Crippen molar-refractivity contribution in [1.29, 1.82) is 0 Å². The van der Waals surface area contributed by atoms with Crippen LogP contribution in [-0.4, -0.2) is 43.2 Å². The van der Waals surface area contributed by atoms with Crippen LogP contribution in [0.4, 0.5) is 11.4 Å². The van der Waals surface area contributed by atoms with Crippen LogP contribution in [0.15, 0.2) is 60.8 Å². The molecule has 3 aromatic carbocycles. The number of aromatic nitrogens is 1. The first-order valence-electron chi connectivity index (χ1n) is 14.3. The number of carbonyl (C=O) groups is 1. The number of ether oxygens (including phenoxy) is 2. The lowest BCUT2D eigenvalue weighted by Gasteiger charge is -2.35. The Morgan fingerprint density at radius 1 is 1.17 bits per heavy atom. The summed E-state index contributed by atoms with van der Waals surface area (Å²) in [4.78, 5) is 20.3. The molecule has 1 aromatic heterocycles. The van der Waals surface area contributed by atoms with Crippen molar-refractivity contribution in [1.82, 2.24) is 9.88 Å². The quantitative estimate of drug-likeness (QED) is 0.131. The van der Waals surface area contributed by atoms with Crippen LogP contribution >= 0.6 is 0 Å². The number of hydrazine groups is 1. The number of methoxy groups -OCH3 is 1. The minimum Gasteiger partial charge on any atom is -0.492 e. The zero-order chi connectivity index (χ0) is 30.2. The normalized spacial score (nSPS) is 14.5. The number of pyridine rings is 1. The fourth-order valence-corrected chi connectivity index (χ4v) is 6.20. The molecule has 220 valence electrons. The van der Waals surface area contributed by atoms with Crippen molar-refractivity contribution in [3.05, 3.63) is 94.2 Å². The van der Waals surface area contributed by atoms with Crippen LogP contribution in [0, 0.1) is 19.3 Å². The van der Waals surface area contributed by atoms with Gasteiger partial charge in [-0.1, -0.05) is 30.3 Å². The zero-order valence-electron chi connectivity index (χ0n) is 25.4. The largest absolute Gasteiger partial charge is 0.492 e. The van der Waals surface area contributed by atoms with Crippen molar-refractivity contribution < 1.29 is 14.3 Å². The highest BCUT2D eigenvalue weighted by Crippen LogP contribution is 2.45. The van der Waals surface area contributed by atoms with Gasteiger partial charge in [0.1, 0.15) is 12.4 Å². The molecule has 0 amide bonds. The van der Waals surface area contributed by atoms with Crippen molar-refractivity contribution in [2.45, 2.75) is 46.7 Å². The number of nitrogen functional groups attached to an aromatic ring is 1. The van der Waals surface area contributed by atoms with Crippen molar-refractivity contribution in [2.75, 3.05) is 38.1 Å². The molecule has 2 heterocycles. The van der Waals surface area contributed by atoms with Crippen LogP contribution in [0.1, 0.15) is 53.1 Å². The van der Waals surface area contributed by atoms with Gasteiger partial charge in [-0.2, -0.15) is 0 Å². The molecule has 0 saturated heterocycles. The lowest BCUT2D eigenvalue weighted by molar-refractivity contribution is -0.151. The van der Waals surface area contributed by atoms with E-state index in [9.17, 15) is 4.79 Å². The summed E-state index contributed by atoms with van der Waals surface area (Å²) in [5.74, 6) is 6.35. The molecule has 1 atom stereocenters. The van der Waals surface area contributed by atoms with Crippen molar-refractivity contribution in [3.8, 4) is 5.75 Å². The smallest absolute Gasteiger partial charge is 0.312 e. The summed E-state index contributed by atoms with van der Waals surface area (Å²) >= 11 is 0. The number of hydrogen-bond donors (Lipinski definition) is 2. The molecule has 8 heteroatoms. The lowest BCUT2D eigenvalue weighted by atomic mass is 9.69. The molecule has 1 unspecified atom stereocenters. The Morgan fingerprint density at radius 2 is 1.95 bits per heavy atom. The molecular formula is C34H41N5O3. The average Bonchev–Trinajstić information content (AvgIpc) is 3.18. The maximum atomic E-state index is 13.2. The number of carbonyl (C=O) groups excluding carboxylic acids is 1. The van der Waals surface area contributed by atoms with E-state index in [0.717, 1.165) is 64.2 Å². The second-order valence-electron chi connectivity index (χ2n) is 11.8. The van der Waals surface area contributed by atoms with Gasteiger partial charge in [-0.15, -0.1) is 0 Å². The summed E-state index contributed by atoms with van der Waals surface area (Å²) in [7, 11) is 3.20. The van der Waals surface area contributed by atoms with Gasteiger partial charge < -0.3 is 20.2 Å². The third kappa shape index (κ3) is 5.40. The molecule has 0 radical (unpaired) electrons. The molecule has 5 rings (SSSR count). The molecule has 0 aliphatic carbocycles. The maximum Gasteiger partial charge on any atom is 0.312 e. The Labute approximate surface area is 248 Å². The number of rotatable bonds is 7. The highest BCUT2D eigenvalue weighted by atomic mass is 16.5. The highest BCUT2D eigenvalue weighted by Gasteiger charge is 2.41. The van der Waals surface area contributed by atoms with Crippen LogP contribution in [0.25, 0.3) is 10.9 Å². The molecule has 0 saturated carbocycles. The maximum absolute atomic E-state index is 13.2. The Hall–Kier alpha value is -4.14. The Morgan fingerprint density at radius 3 is 2.69 bits per heavy atom. The highest BCUT2D eigenvalue weighted by molar-refractivity contribution is 5.84. The SMILES string of the molecule is COC(=O)C(C)(C)C(c1ccc(C)c(CN2CCOc3ccc4cccnc4c3C2)c1)c1ccc(N(C)N)c(N)c1C. The molecule has 42 heavy (non-hydrogen) atoms. The van der Waals surface area contributed by atoms with Crippen LogP contribution < -0.4 is 21.3 Å². The van der Waals surface area contributed by atoms with E-state index in [1.807, 2.05) is 45.2 Å². The molecule has 0 fully saturated rings. The number of nitrogens with two attached hydrogens (primary N) is 2. The molecule has 0 bridgehead atoms. The first-order chi connectivity index (χ1) is 20.0. The number of hydrogen-bond acceptors (Lipinski definition) is 8. The molecule has 1 aliphatic heterocycles. The Balaban J connectivity index is 1.55. The van der Waals surface area contributed by atoms with Gasteiger partial charge >= 0.3 is 5.97 Å². The summed E-state index contributed by atoms with van der Waals surface area (Å²) in [6, 6.07) is 18.6. The van der Waals surface area contributed by atoms with Gasteiger partial charge in [0.15, 0.2) is 0 Å². The second-order valence-corrected chi connectivity index (χ2v) is 11.8. The monoisotopic (exact) mass is 567 g/mol. The number of benzene rings is 3. The van der Waals surface area contributed by atoms with E-state index < -0.39 is 5.41 Å². The Bertz CT molecular complexity index is 1630. The van der Waals surface area contributed by atoms with Gasteiger partial charge in [0.25, 0.3) is 0 Å². The molecule has 0 spiro atoms. The molecule has 1 aliphatic rings. The molecule has 4 N–H and O–H groups in total. The predicted molar refractivity (Wildman–Crippen MR) is 168 cm³/mol. The molecule has 4 aromatic rings. The summed E-state index contributed by atoms with van der Waals surface area (Å²) in [6.07, 6.45) is 1.83. The van der Waals surface area contributed by atoms with Gasteiger partial charge in [-0.3, -0.25) is 14.7 Å². The fourth-order valence-electron chi connectivity index (χ4n) is 6.20. The van der Waals surface area contributed by atoms with E-state index in [2.05, 4.69) is 53.2 Å². The molecule has 8 nitrogen and oxygen atoms in total. The first kappa shape index (κ1) is 29.4. The number of aryl methyl sites for hydroxylation is 1.